The maximum Gasteiger partial charge on any atom is 0.271 e. The van der Waals surface area contributed by atoms with Crippen molar-refractivity contribution in [1.29, 1.82) is 0 Å². The SMILES string of the molecule is O=C(NCC(CO)Cc1ccccn1)c1ncncc1Cl. The summed E-state index contributed by atoms with van der Waals surface area (Å²) in [7, 11) is 0. The Morgan fingerprint density at radius 3 is 2.90 bits per heavy atom. The van der Waals surface area contributed by atoms with Gasteiger partial charge in [0.25, 0.3) is 5.91 Å². The molecule has 110 valence electrons. The molecule has 0 saturated heterocycles. The Hall–Kier alpha value is -2.05. The summed E-state index contributed by atoms with van der Waals surface area (Å²) in [6.45, 7) is 0.264. The second-order valence-corrected chi connectivity index (χ2v) is 4.91. The number of aliphatic hydroxyl groups is 1. The molecule has 0 saturated carbocycles. The highest BCUT2D eigenvalue weighted by Gasteiger charge is 2.15. The van der Waals surface area contributed by atoms with Crippen molar-refractivity contribution in [3.8, 4) is 0 Å². The maximum atomic E-state index is 12.0. The smallest absolute Gasteiger partial charge is 0.271 e. The Morgan fingerprint density at radius 1 is 1.38 bits per heavy atom. The van der Waals surface area contributed by atoms with Gasteiger partial charge in [-0.2, -0.15) is 0 Å². The minimum absolute atomic E-state index is 0.0473. The standard InChI is InChI=1S/C14H15ClN4O2/c15-12-7-16-9-19-13(12)14(21)18-6-10(8-20)5-11-3-1-2-4-17-11/h1-4,7,9-10,20H,5-6,8H2,(H,18,21). The molecule has 6 nitrogen and oxygen atoms in total. The van der Waals surface area contributed by atoms with Crippen LogP contribution in [0.2, 0.25) is 5.02 Å². The Balaban J connectivity index is 1.91. The van der Waals surface area contributed by atoms with Crippen LogP contribution in [0, 0.1) is 5.92 Å². The molecule has 0 spiro atoms. The third-order valence-electron chi connectivity index (χ3n) is 2.92. The van der Waals surface area contributed by atoms with E-state index in [1.54, 1.807) is 6.20 Å². The second-order valence-electron chi connectivity index (χ2n) is 4.50. The number of pyridine rings is 1. The van der Waals surface area contributed by atoms with Crippen LogP contribution < -0.4 is 5.32 Å². The molecular formula is C14H15ClN4O2. The van der Waals surface area contributed by atoms with Crippen LogP contribution in [0.25, 0.3) is 0 Å². The molecule has 2 heterocycles. The van der Waals surface area contributed by atoms with Gasteiger partial charge < -0.3 is 10.4 Å². The normalized spacial score (nSPS) is 11.9. The molecule has 1 unspecified atom stereocenters. The van der Waals surface area contributed by atoms with Crippen molar-refractivity contribution in [3.05, 3.63) is 53.3 Å². The molecule has 0 aliphatic heterocycles. The van der Waals surface area contributed by atoms with E-state index in [1.165, 1.54) is 12.5 Å². The number of aliphatic hydroxyl groups excluding tert-OH is 1. The summed E-state index contributed by atoms with van der Waals surface area (Å²) in [5.74, 6) is -0.508. The lowest BCUT2D eigenvalue weighted by molar-refractivity contribution is 0.0935. The topological polar surface area (TPSA) is 88.0 Å². The van der Waals surface area contributed by atoms with Crippen LogP contribution >= 0.6 is 11.6 Å². The minimum Gasteiger partial charge on any atom is -0.396 e. The first-order valence-electron chi connectivity index (χ1n) is 6.45. The lowest BCUT2D eigenvalue weighted by Crippen LogP contribution is -2.32. The molecule has 2 rings (SSSR count). The highest BCUT2D eigenvalue weighted by Crippen LogP contribution is 2.11. The van der Waals surface area contributed by atoms with Gasteiger partial charge in [0.1, 0.15) is 12.0 Å². The van der Waals surface area contributed by atoms with E-state index >= 15 is 0 Å². The van der Waals surface area contributed by atoms with E-state index in [0.29, 0.717) is 13.0 Å². The summed E-state index contributed by atoms with van der Waals surface area (Å²) in [5, 5.41) is 12.3. The number of halogens is 1. The van der Waals surface area contributed by atoms with Crippen LogP contribution in [-0.4, -0.2) is 39.1 Å². The summed E-state index contributed by atoms with van der Waals surface area (Å²) in [4.78, 5) is 23.7. The van der Waals surface area contributed by atoms with Crippen LogP contribution in [0.4, 0.5) is 0 Å². The first-order valence-corrected chi connectivity index (χ1v) is 6.83. The van der Waals surface area contributed by atoms with E-state index < -0.39 is 0 Å². The third-order valence-corrected chi connectivity index (χ3v) is 3.19. The summed E-state index contributed by atoms with van der Waals surface area (Å²) in [6, 6.07) is 5.60. The van der Waals surface area contributed by atoms with E-state index in [1.807, 2.05) is 18.2 Å². The fourth-order valence-electron chi connectivity index (χ4n) is 1.82. The predicted molar refractivity (Wildman–Crippen MR) is 77.9 cm³/mol. The molecule has 2 aromatic heterocycles. The van der Waals surface area contributed by atoms with Crippen LogP contribution in [0.15, 0.2) is 36.9 Å². The third kappa shape index (κ3) is 4.47. The Kier molecular flexibility index (Phi) is 5.59. The Morgan fingerprint density at radius 2 is 2.24 bits per heavy atom. The van der Waals surface area contributed by atoms with Gasteiger partial charge >= 0.3 is 0 Å². The first kappa shape index (κ1) is 15.3. The quantitative estimate of drug-likeness (QED) is 0.834. The predicted octanol–water partition coefficient (Wildman–Crippen LogP) is 1.11. The van der Waals surface area contributed by atoms with E-state index in [9.17, 15) is 9.90 Å². The number of hydrogen-bond acceptors (Lipinski definition) is 5. The van der Waals surface area contributed by atoms with Crippen LogP contribution in [0.3, 0.4) is 0 Å². The number of aromatic nitrogens is 3. The summed E-state index contributed by atoms with van der Waals surface area (Å²) in [5.41, 5.74) is 0.993. The number of hydrogen-bond donors (Lipinski definition) is 2. The zero-order valence-corrected chi connectivity index (χ0v) is 12.0. The number of amides is 1. The van der Waals surface area contributed by atoms with Gasteiger partial charge in [-0.25, -0.2) is 9.97 Å². The summed E-state index contributed by atoms with van der Waals surface area (Å²) < 4.78 is 0. The van der Waals surface area contributed by atoms with E-state index in [0.717, 1.165) is 5.69 Å². The molecule has 1 atom stereocenters. The van der Waals surface area contributed by atoms with E-state index in [4.69, 9.17) is 11.6 Å². The average molecular weight is 307 g/mol. The van der Waals surface area contributed by atoms with Gasteiger partial charge in [-0.3, -0.25) is 9.78 Å². The molecule has 2 N–H and O–H groups in total. The number of nitrogens with zero attached hydrogens (tertiary/aromatic N) is 3. The van der Waals surface area contributed by atoms with Crippen molar-refractivity contribution in [2.75, 3.05) is 13.2 Å². The van der Waals surface area contributed by atoms with Crippen LogP contribution in [0.5, 0.6) is 0 Å². The van der Waals surface area contributed by atoms with Gasteiger partial charge in [0.15, 0.2) is 0 Å². The molecule has 21 heavy (non-hydrogen) atoms. The number of carbonyl (C=O) groups excluding carboxylic acids is 1. The number of rotatable bonds is 6. The Bertz CT molecular complexity index is 595. The fraction of sp³-hybridized carbons (Fsp3) is 0.286. The molecule has 2 aromatic rings. The summed E-state index contributed by atoms with van der Waals surface area (Å²) >= 11 is 5.85. The first-order chi connectivity index (χ1) is 10.2. The second kappa shape index (κ2) is 7.66. The van der Waals surface area contributed by atoms with Crippen LogP contribution in [-0.2, 0) is 6.42 Å². The van der Waals surface area contributed by atoms with Gasteiger partial charge in [0, 0.05) is 37.2 Å². The average Bonchev–Trinajstić information content (AvgIpc) is 2.52. The Labute approximate surface area is 127 Å². The molecule has 0 radical (unpaired) electrons. The number of carbonyl (C=O) groups is 1. The molecule has 0 aliphatic rings. The van der Waals surface area contributed by atoms with Gasteiger partial charge in [-0.05, 0) is 18.6 Å². The van der Waals surface area contributed by atoms with Gasteiger partial charge in [-0.15, -0.1) is 0 Å². The number of nitrogens with one attached hydrogen (secondary N) is 1. The lowest BCUT2D eigenvalue weighted by atomic mass is 10.0. The molecule has 0 aromatic carbocycles. The zero-order valence-electron chi connectivity index (χ0n) is 11.2. The largest absolute Gasteiger partial charge is 0.396 e. The molecule has 0 bridgehead atoms. The van der Waals surface area contributed by atoms with E-state index in [-0.39, 0.29) is 29.1 Å². The molecule has 0 fully saturated rings. The van der Waals surface area contributed by atoms with Crippen molar-refractivity contribution in [1.82, 2.24) is 20.3 Å². The van der Waals surface area contributed by atoms with Crippen molar-refractivity contribution in [2.45, 2.75) is 6.42 Å². The molecule has 7 heteroatoms. The van der Waals surface area contributed by atoms with Crippen LogP contribution in [0.1, 0.15) is 16.2 Å². The van der Waals surface area contributed by atoms with Crippen molar-refractivity contribution in [2.24, 2.45) is 5.92 Å². The minimum atomic E-state index is -0.387. The maximum absolute atomic E-state index is 12.0. The highest BCUT2D eigenvalue weighted by atomic mass is 35.5. The zero-order chi connectivity index (χ0) is 15.1. The van der Waals surface area contributed by atoms with Crippen molar-refractivity contribution in [3.63, 3.8) is 0 Å². The highest BCUT2D eigenvalue weighted by molar-refractivity contribution is 6.33. The van der Waals surface area contributed by atoms with Gasteiger partial charge in [0.2, 0.25) is 0 Å². The monoisotopic (exact) mass is 306 g/mol. The van der Waals surface area contributed by atoms with Crippen molar-refractivity contribution < 1.29 is 9.90 Å². The summed E-state index contributed by atoms with van der Waals surface area (Å²) in [6.07, 6.45) is 4.90. The fourth-order valence-corrected chi connectivity index (χ4v) is 2.01. The van der Waals surface area contributed by atoms with E-state index in [2.05, 4.69) is 20.3 Å². The van der Waals surface area contributed by atoms with Gasteiger partial charge in [0.05, 0.1) is 5.02 Å². The lowest BCUT2D eigenvalue weighted by Gasteiger charge is -2.14. The van der Waals surface area contributed by atoms with Gasteiger partial charge in [-0.1, -0.05) is 17.7 Å². The molecule has 1 amide bonds. The van der Waals surface area contributed by atoms with Crippen molar-refractivity contribution >= 4 is 17.5 Å². The molecular weight excluding hydrogens is 292 g/mol. The molecule has 0 aliphatic carbocycles.